The van der Waals surface area contributed by atoms with Crippen molar-refractivity contribution in [2.75, 3.05) is 5.73 Å². The number of nitrogens with two attached hydrogens (primary N) is 1. The zero-order valence-electron chi connectivity index (χ0n) is 4.49. The Morgan fingerprint density at radius 1 is 1.44 bits per heavy atom. The van der Waals surface area contributed by atoms with Gasteiger partial charge in [-0.2, -0.15) is 0 Å². The number of hydrogen-bond donors (Lipinski definition) is 1. The van der Waals surface area contributed by atoms with Crippen LogP contribution in [-0.2, 0) is 0 Å². The van der Waals surface area contributed by atoms with Crippen molar-refractivity contribution < 1.29 is 8.78 Å². The molecule has 0 aromatic heterocycles. The van der Waals surface area contributed by atoms with Crippen LogP contribution in [-0.4, -0.2) is 0 Å². The molecule has 0 spiro atoms. The van der Waals surface area contributed by atoms with Crippen LogP contribution in [0.5, 0.6) is 0 Å². The molecule has 1 aromatic carbocycles. The lowest BCUT2D eigenvalue weighted by Gasteiger charge is -1.93. The quantitative estimate of drug-likeness (QED) is 0.524. The summed E-state index contributed by atoms with van der Waals surface area (Å²) >= 11 is 0. The normalized spacial score (nSPS) is 9.56. The summed E-state index contributed by atoms with van der Waals surface area (Å²) < 4.78 is 24.4. The molecule has 0 saturated carbocycles. The third-order valence-electron chi connectivity index (χ3n) is 0.933. The van der Waals surface area contributed by atoms with Gasteiger partial charge in [-0.3, -0.25) is 0 Å². The van der Waals surface area contributed by atoms with Crippen LogP contribution in [0.3, 0.4) is 0 Å². The fraction of sp³-hybridized carbons (Fsp3) is 0. The largest absolute Gasteiger partial charge is 0.394 e. The summed E-state index contributed by atoms with van der Waals surface area (Å²) in [6.07, 6.45) is 0. The second-order valence-electron chi connectivity index (χ2n) is 1.55. The van der Waals surface area contributed by atoms with Crippen molar-refractivity contribution in [3.8, 4) is 0 Å². The van der Waals surface area contributed by atoms with Gasteiger partial charge in [0.25, 0.3) is 0 Å². The van der Waals surface area contributed by atoms with Crippen LogP contribution in [0.15, 0.2) is 12.1 Å². The average Bonchev–Trinajstić information content (AvgIpc) is 1.83. The van der Waals surface area contributed by atoms with Crippen LogP contribution in [0.25, 0.3) is 0 Å². The Bertz CT molecular complexity index is 202. The Kier molecular flexibility index (Phi) is 1.34. The van der Waals surface area contributed by atoms with Gasteiger partial charge >= 0.3 is 0 Å². The zero-order valence-corrected chi connectivity index (χ0v) is 4.49. The van der Waals surface area contributed by atoms with Crippen LogP contribution in [0.4, 0.5) is 14.5 Å². The van der Waals surface area contributed by atoms with Crippen LogP contribution in [0.1, 0.15) is 0 Å². The maximum absolute atomic E-state index is 12.2. The Balaban J connectivity index is 3.25. The monoisotopic (exact) mass is 128 g/mol. The number of anilines is 1. The molecule has 0 heterocycles. The first-order valence-electron chi connectivity index (χ1n) is 2.33. The van der Waals surface area contributed by atoms with Gasteiger partial charge in [0.2, 0.25) is 0 Å². The van der Waals surface area contributed by atoms with Crippen LogP contribution in [0.2, 0.25) is 0 Å². The minimum Gasteiger partial charge on any atom is -0.394 e. The summed E-state index contributed by atoms with van der Waals surface area (Å²) in [5.41, 5.74) is 4.43. The van der Waals surface area contributed by atoms with Crippen molar-refractivity contribution in [2.24, 2.45) is 0 Å². The smallest absolute Gasteiger partial charge is 0.157 e. The molecule has 2 N–H and O–H groups in total. The van der Waals surface area contributed by atoms with E-state index in [0.717, 1.165) is 12.1 Å². The van der Waals surface area contributed by atoms with E-state index in [-0.39, 0.29) is 0 Å². The third kappa shape index (κ3) is 0.988. The molecule has 0 aliphatic carbocycles. The first-order chi connectivity index (χ1) is 4.22. The van der Waals surface area contributed by atoms with Crippen molar-refractivity contribution in [1.82, 2.24) is 0 Å². The Morgan fingerprint density at radius 3 is 2.56 bits per heavy atom. The van der Waals surface area contributed by atoms with Crippen LogP contribution >= 0.6 is 0 Å². The highest BCUT2D eigenvalue weighted by Crippen LogP contribution is 2.11. The van der Waals surface area contributed by atoms with Crippen molar-refractivity contribution in [3.63, 3.8) is 0 Å². The lowest BCUT2D eigenvalue weighted by atomic mass is 10.3. The SMILES string of the molecule is Nc1c(F)[c]ccc1F. The Labute approximate surface area is 51.1 Å². The minimum atomic E-state index is -0.838. The second-order valence-corrected chi connectivity index (χ2v) is 1.55. The molecule has 1 radical (unpaired) electrons. The summed E-state index contributed by atoms with van der Waals surface area (Å²) in [4.78, 5) is 0. The van der Waals surface area contributed by atoms with Crippen molar-refractivity contribution >= 4 is 5.69 Å². The molecular weight excluding hydrogens is 124 g/mol. The van der Waals surface area contributed by atoms with Gasteiger partial charge in [0, 0.05) is 6.07 Å². The van der Waals surface area contributed by atoms with Gasteiger partial charge in [-0.1, -0.05) is 0 Å². The summed E-state index contributed by atoms with van der Waals surface area (Å²) in [5.74, 6) is -1.58. The van der Waals surface area contributed by atoms with Gasteiger partial charge in [-0.25, -0.2) is 8.78 Å². The van der Waals surface area contributed by atoms with E-state index in [1.54, 1.807) is 0 Å². The molecule has 0 bridgehead atoms. The number of benzene rings is 1. The lowest BCUT2D eigenvalue weighted by molar-refractivity contribution is 0.590. The van der Waals surface area contributed by atoms with E-state index in [1.165, 1.54) is 0 Å². The highest BCUT2D eigenvalue weighted by Gasteiger charge is 2.01. The minimum absolute atomic E-state index is 0.475. The highest BCUT2D eigenvalue weighted by atomic mass is 19.1. The van der Waals surface area contributed by atoms with Crippen LogP contribution < -0.4 is 5.73 Å². The zero-order chi connectivity index (χ0) is 6.85. The van der Waals surface area contributed by atoms with Gasteiger partial charge in [-0.15, -0.1) is 0 Å². The molecule has 0 saturated heterocycles. The van der Waals surface area contributed by atoms with Gasteiger partial charge in [0.15, 0.2) is 5.82 Å². The van der Waals surface area contributed by atoms with Crippen LogP contribution in [0, 0.1) is 17.7 Å². The molecule has 0 aliphatic heterocycles. The number of halogens is 2. The summed E-state index contributed by atoms with van der Waals surface area (Å²) in [6, 6.07) is 4.30. The van der Waals surface area contributed by atoms with E-state index in [2.05, 4.69) is 6.07 Å². The predicted molar refractivity (Wildman–Crippen MR) is 29.6 cm³/mol. The van der Waals surface area contributed by atoms with Gasteiger partial charge in [-0.05, 0) is 12.1 Å². The maximum atomic E-state index is 12.2. The molecule has 1 nitrogen and oxygen atoms in total. The Hall–Kier alpha value is -1.12. The third-order valence-corrected chi connectivity index (χ3v) is 0.933. The molecule has 3 heteroatoms. The lowest BCUT2D eigenvalue weighted by Crippen LogP contribution is -1.93. The van der Waals surface area contributed by atoms with E-state index in [9.17, 15) is 8.78 Å². The first-order valence-corrected chi connectivity index (χ1v) is 2.33. The standard InChI is InChI=1S/C6H4F2N/c7-4-2-1-3-5(8)6(4)9/h1-2H,9H2. The van der Waals surface area contributed by atoms with E-state index in [4.69, 9.17) is 5.73 Å². The highest BCUT2D eigenvalue weighted by molar-refractivity contribution is 5.39. The van der Waals surface area contributed by atoms with Gasteiger partial charge in [0.1, 0.15) is 11.5 Å². The summed E-state index contributed by atoms with van der Waals surface area (Å²) in [7, 11) is 0. The fourth-order valence-electron chi connectivity index (χ4n) is 0.460. The molecule has 1 aromatic rings. The second kappa shape index (κ2) is 2.01. The molecule has 1 rings (SSSR count). The average molecular weight is 128 g/mol. The first kappa shape index (κ1) is 6.01. The maximum Gasteiger partial charge on any atom is 0.157 e. The van der Waals surface area contributed by atoms with E-state index >= 15 is 0 Å². The summed E-state index contributed by atoms with van der Waals surface area (Å²) in [5, 5.41) is 0. The summed E-state index contributed by atoms with van der Waals surface area (Å²) in [6.45, 7) is 0. The fourth-order valence-corrected chi connectivity index (χ4v) is 0.460. The number of nitrogen functional groups attached to an aromatic ring is 1. The number of rotatable bonds is 0. The predicted octanol–water partition coefficient (Wildman–Crippen LogP) is 1.35. The molecule has 47 valence electrons. The molecule has 0 amide bonds. The van der Waals surface area contributed by atoms with E-state index in [0.29, 0.717) is 0 Å². The topological polar surface area (TPSA) is 26.0 Å². The molecule has 0 aliphatic rings. The van der Waals surface area contributed by atoms with Gasteiger partial charge in [0.05, 0.1) is 0 Å². The van der Waals surface area contributed by atoms with E-state index in [1.807, 2.05) is 0 Å². The van der Waals surface area contributed by atoms with Crippen molar-refractivity contribution in [3.05, 3.63) is 29.8 Å². The van der Waals surface area contributed by atoms with Crippen molar-refractivity contribution in [1.29, 1.82) is 0 Å². The molecule has 9 heavy (non-hydrogen) atoms. The molecule has 0 fully saturated rings. The molecule has 0 unspecified atom stereocenters. The Morgan fingerprint density at radius 2 is 2.11 bits per heavy atom. The molecule has 0 atom stereocenters. The number of hydrogen-bond acceptors (Lipinski definition) is 1. The van der Waals surface area contributed by atoms with Crippen molar-refractivity contribution in [2.45, 2.75) is 0 Å². The van der Waals surface area contributed by atoms with E-state index < -0.39 is 17.3 Å². The van der Waals surface area contributed by atoms with Gasteiger partial charge < -0.3 is 5.73 Å². The molecular formula is C6H4F2N.